The Kier molecular flexibility index (Phi) is 48.6. The zero-order valence-electron chi connectivity index (χ0n) is 50.6. The summed E-state index contributed by atoms with van der Waals surface area (Å²) in [6, 6.07) is 0. The highest BCUT2D eigenvalue weighted by Gasteiger charge is 2.47. The van der Waals surface area contributed by atoms with Crippen LogP contribution in [0.4, 0.5) is 0 Å². The van der Waals surface area contributed by atoms with Gasteiger partial charge in [-0.3, -0.25) is 4.79 Å². The Balaban J connectivity index is 1.66. The normalized spacial score (nSPS) is 24.1. The quantitative estimate of drug-likeness (QED) is 0.0172. The molecule has 80 heavy (non-hydrogen) atoms. The second-order valence-corrected chi connectivity index (χ2v) is 22.9. The summed E-state index contributed by atoms with van der Waals surface area (Å²) in [4.78, 5) is 13.1. The zero-order valence-corrected chi connectivity index (χ0v) is 50.6. The van der Waals surface area contributed by atoms with Gasteiger partial charge >= 0.3 is 5.97 Å². The lowest BCUT2D eigenvalue weighted by molar-refractivity contribution is -0.332. The van der Waals surface area contributed by atoms with E-state index in [0.29, 0.717) is 13.0 Å². The van der Waals surface area contributed by atoms with Crippen molar-refractivity contribution in [1.29, 1.82) is 0 Å². The first-order chi connectivity index (χ1) is 39.1. The average Bonchev–Trinajstić information content (AvgIpc) is 3.52. The minimum Gasteiger partial charge on any atom is -0.457 e. The van der Waals surface area contributed by atoms with Gasteiger partial charge in [-0.25, -0.2) is 0 Å². The third-order valence-corrected chi connectivity index (χ3v) is 15.6. The first kappa shape index (κ1) is 74.1. The first-order valence-corrected chi connectivity index (χ1v) is 32.7. The number of hydrogen-bond donors (Lipinski definition) is 7. The molecule has 2 aliphatic rings. The maximum atomic E-state index is 13.1. The van der Waals surface area contributed by atoms with E-state index in [1.807, 2.05) is 0 Å². The van der Waals surface area contributed by atoms with E-state index in [4.69, 9.17) is 28.4 Å². The van der Waals surface area contributed by atoms with Gasteiger partial charge in [0.1, 0.15) is 54.9 Å². The van der Waals surface area contributed by atoms with Gasteiger partial charge in [0, 0.05) is 13.0 Å². The van der Waals surface area contributed by atoms with Crippen LogP contribution in [0.1, 0.15) is 264 Å². The largest absolute Gasteiger partial charge is 0.457 e. The molecule has 2 rings (SSSR count). The predicted molar refractivity (Wildman–Crippen MR) is 321 cm³/mol. The summed E-state index contributed by atoms with van der Waals surface area (Å²) in [6.45, 7) is 3.62. The highest BCUT2D eigenvalue weighted by Crippen LogP contribution is 2.27. The van der Waals surface area contributed by atoms with E-state index in [9.17, 15) is 40.5 Å². The second-order valence-electron chi connectivity index (χ2n) is 22.9. The average molecular weight is 1140 g/mol. The van der Waals surface area contributed by atoms with Crippen molar-refractivity contribution in [2.75, 3.05) is 33.0 Å². The summed E-state index contributed by atoms with van der Waals surface area (Å²) in [6.07, 6.45) is 48.9. The molecule has 7 N–H and O–H groups in total. The van der Waals surface area contributed by atoms with E-state index in [2.05, 4.69) is 62.5 Å². The summed E-state index contributed by atoms with van der Waals surface area (Å²) in [5, 5.41) is 72.5. The van der Waals surface area contributed by atoms with Crippen LogP contribution >= 0.6 is 0 Å². The van der Waals surface area contributed by atoms with E-state index >= 15 is 0 Å². The molecule has 14 heteroatoms. The summed E-state index contributed by atoms with van der Waals surface area (Å²) in [5.74, 6) is -0.380. The van der Waals surface area contributed by atoms with Crippen LogP contribution in [-0.2, 0) is 33.2 Å². The van der Waals surface area contributed by atoms with Crippen molar-refractivity contribution in [3.05, 3.63) is 48.6 Å². The van der Waals surface area contributed by atoms with Crippen LogP contribution in [-0.4, -0.2) is 142 Å². The van der Waals surface area contributed by atoms with Crippen LogP contribution < -0.4 is 0 Å². The van der Waals surface area contributed by atoms with Crippen LogP contribution in [0.25, 0.3) is 0 Å². The minimum atomic E-state index is -1.71. The van der Waals surface area contributed by atoms with Crippen LogP contribution in [0.2, 0.25) is 0 Å². The van der Waals surface area contributed by atoms with Gasteiger partial charge in [0.2, 0.25) is 0 Å². The standard InChI is InChI=1S/C66H120O14/c1-3-5-7-9-11-13-15-17-19-21-23-25-26-27-28-30-32-34-36-38-40-42-44-46-48-50-75-52-55(53-76-65-64(74)62(72)60(70)57(80-65)54-77-66-63(73)61(71)59(69)56(51-67)79-66)78-58(68)49-47-45-43-41-39-37-35-33-31-29-24-22-20-18-16-14-12-10-8-6-4-2/h6,8,12,14,18,20,24,29,55-57,59-67,69-74H,3-5,7,9-11,13,15-17,19,21-23,25-28,30-54H2,1-2H3/b8-6-,14-12-,20-18-,29-24-. The fourth-order valence-corrected chi connectivity index (χ4v) is 10.4. The van der Waals surface area contributed by atoms with Gasteiger partial charge in [-0.1, -0.05) is 255 Å². The Bertz CT molecular complexity index is 1510. The number of allylic oxidation sites excluding steroid dienone is 8. The fourth-order valence-electron chi connectivity index (χ4n) is 10.4. The zero-order chi connectivity index (χ0) is 57.9. The summed E-state index contributed by atoms with van der Waals surface area (Å²) in [5.41, 5.74) is 0. The highest BCUT2D eigenvalue weighted by atomic mass is 16.7. The van der Waals surface area contributed by atoms with E-state index in [1.54, 1.807) is 0 Å². The Labute approximate surface area is 486 Å². The van der Waals surface area contributed by atoms with Crippen molar-refractivity contribution in [2.45, 2.75) is 332 Å². The van der Waals surface area contributed by atoms with Gasteiger partial charge in [0.05, 0.1) is 26.4 Å². The number of rotatable bonds is 54. The Morgan fingerprint density at radius 1 is 0.425 bits per heavy atom. The molecule has 0 radical (unpaired) electrons. The molecule has 2 saturated heterocycles. The number of carbonyl (C=O) groups is 1. The van der Waals surface area contributed by atoms with Crippen molar-refractivity contribution in [3.63, 3.8) is 0 Å². The van der Waals surface area contributed by atoms with Crippen molar-refractivity contribution in [1.82, 2.24) is 0 Å². The number of hydrogen-bond acceptors (Lipinski definition) is 14. The number of aliphatic hydroxyl groups excluding tert-OH is 7. The summed E-state index contributed by atoms with van der Waals surface area (Å²) >= 11 is 0. The number of carbonyl (C=O) groups excluding carboxylic acids is 1. The highest BCUT2D eigenvalue weighted by molar-refractivity contribution is 5.69. The first-order valence-electron chi connectivity index (χ1n) is 32.7. The van der Waals surface area contributed by atoms with Gasteiger partial charge in [-0.2, -0.15) is 0 Å². The van der Waals surface area contributed by atoms with Crippen LogP contribution in [0.3, 0.4) is 0 Å². The molecular formula is C66H120O14. The van der Waals surface area contributed by atoms with Crippen LogP contribution in [0.15, 0.2) is 48.6 Å². The molecule has 0 aliphatic carbocycles. The molecule has 468 valence electrons. The monoisotopic (exact) mass is 1140 g/mol. The topological polar surface area (TPSA) is 214 Å². The van der Waals surface area contributed by atoms with E-state index in [-0.39, 0.29) is 25.6 Å². The molecule has 0 amide bonds. The minimum absolute atomic E-state index is 0.0606. The van der Waals surface area contributed by atoms with Gasteiger partial charge in [-0.15, -0.1) is 0 Å². The lowest BCUT2D eigenvalue weighted by Crippen LogP contribution is -2.61. The van der Waals surface area contributed by atoms with Crippen LogP contribution in [0.5, 0.6) is 0 Å². The molecule has 2 aliphatic heterocycles. The van der Waals surface area contributed by atoms with Crippen molar-refractivity contribution in [2.24, 2.45) is 0 Å². The molecule has 0 bridgehead atoms. The Morgan fingerprint density at radius 2 is 0.812 bits per heavy atom. The van der Waals surface area contributed by atoms with Gasteiger partial charge < -0.3 is 64.2 Å². The Morgan fingerprint density at radius 3 is 1.27 bits per heavy atom. The molecule has 0 aromatic rings. The predicted octanol–water partition coefficient (Wildman–Crippen LogP) is 13.0. The molecule has 0 aromatic carbocycles. The molecule has 2 fully saturated rings. The number of ether oxygens (including phenoxy) is 6. The SMILES string of the molecule is CC/C=C\C/C=C\C/C=C\C/C=C\CCCCCCCCCCC(=O)OC(COCCCCCCCCCCCCCCCCCCCCCCCCCCC)COC1OC(COC2OC(CO)C(O)C(O)C2O)C(O)C(O)C1O. The number of unbranched alkanes of at least 4 members (excludes halogenated alkanes) is 32. The molecule has 0 aromatic heterocycles. The molecule has 0 saturated carbocycles. The molecule has 0 spiro atoms. The van der Waals surface area contributed by atoms with Crippen LogP contribution in [0, 0.1) is 0 Å². The van der Waals surface area contributed by atoms with E-state index in [1.165, 1.54) is 167 Å². The number of esters is 1. The summed E-state index contributed by atoms with van der Waals surface area (Å²) in [7, 11) is 0. The summed E-state index contributed by atoms with van der Waals surface area (Å²) < 4.78 is 34.5. The van der Waals surface area contributed by atoms with Crippen molar-refractivity contribution in [3.8, 4) is 0 Å². The molecular weight excluding hydrogens is 1020 g/mol. The number of aliphatic hydroxyl groups is 7. The molecule has 14 nitrogen and oxygen atoms in total. The Hall–Kier alpha value is -2.05. The van der Waals surface area contributed by atoms with Gasteiger partial charge in [0.15, 0.2) is 12.6 Å². The molecule has 2 heterocycles. The third kappa shape index (κ3) is 38.0. The molecule has 11 atom stereocenters. The molecule has 11 unspecified atom stereocenters. The third-order valence-electron chi connectivity index (χ3n) is 15.6. The maximum absolute atomic E-state index is 13.1. The van der Waals surface area contributed by atoms with E-state index in [0.717, 1.165) is 70.6 Å². The lowest BCUT2D eigenvalue weighted by Gasteiger charge is -2.42. The van der Waals surface area contributed by atoms with Crippen molar-refractivity contribution < 1.29 is 69.0 Å². The van der Waals surface area contributed by atoms with E-state index < -0.39 is 80.7 Å². The fraction of sp³-hybridized carbons (Fsp3) is 0.864. The smallest absolute Gasteiger partial charge is 0.306 e. The maximum Gasteiger partial charge on any atom is 0.306 e. The van der Waals surface area contributed by atoms with Crippen molar-refractivity contribution >= 4 is 5.97 Å². The second kappa shape index (κ2) is 52.5. The lowest BCUT2D eigenvalue weighted by atomic mass is 9.98. The van der Waals surface area contributed by atoms with Gasteiger partial charge in [-0.05, 0) is 51.4 Å². The van der Waals surface area contributed by atoms with Gasteiger partial charge in [0.25, 0.3) is 0 Å².